The monoisotopic (exact) mass is 702 g/mol. The summed E-state index contributed by atoms with van der Waals surface area (Å²) in [5.41, 5.74) is 0.0635. The van der Waals surface area contributed by atoms with Gasteiger partial charge in [-0.1, -0.05) is 94.5 Å². The summed E-state index contributed by atoms with van der Waals surface area (Å²) in [5, 5.41) is 27.5. The number of aliphatic hydroxyl groups is 2. The maximum atomic E-state index is 14.8. The molecular formula is C46H58N2O4. The number of fused-ring (bicyclic) bond motifs is 3. The number of allylic oxidation sites excluding steroid dienone is 4. The van der Waals surface area contributed by atoms with E-state index in [1.807, 2.05) is 65.6 Å². The van der Waals surface area contributed by atoms with Gasteiger partial charge in [0.25, 0.3) is 0 Å². The highest BCUT2D eigenvalue weighted by Crippen LogP contribution is 2.78. The first kappa shape index (κ1) is 34.5. The fourth-order valence-electron chi connectivity index (χ4n) is 14.1. The van der Waals surface area contributed by atoms with Crippen LogP contribution in [0.25, 0.3) is 0 Å². The van der Waals surface area contributed by atoms with E-state index in [9.17, 15) is 19.8 Å². The minimum Gasteiger partial charge on any atom is -0.393 e. The average molecular weight is 703 g/mol. The van der Waals surface area contributed by atoms with Crippen LogP contribution >= 0.6 is 0 Å². The average Bonchev–Trinajstić information content (AvgIpc) is 3.41. The Morgan fingerprint density at radius 1 is 0.827 bits per heavy atom. The van der Waals surface area contributed by atoms with Crippen LogP contribution in [0.4, 0.5) is 10.5 Å². The lowest BCUT2D eigenvalue weighted by atomic mass is 9.32. The molecule has 6 fully saturated rings. The van der Waals surface area contributed by atoms with Crippen molar-refractivity contribution >= 4 is 17.5 Å². The second-order valence-corrected chi connectivity index (χ2v) is 19.4. The highest BCUT2D eigenvalue weighted by Gasteiger charge is 2.74. The molecule has 52 heavy (non-hydrogen) atoms. The second-order valence-electron chi connectivity index (χ2n) is 19.4. The molecule has 2 amide bonds. The Balaban J connectivity index is 1.09. The summed E-state index contributed by atoms with van der Waals surface area (Å²) in [5.74, 6) is 2.15. The predicted octanol–water partition coefficient (Wildman–Crippen LogP) is 9.07. The van der Waals surface area contributed by atoms with Crippen molar-refractivity contribution in [2.75, 3.05) is 18.4 Å². The number of hydrogen-bond donors (Lipinski definition) is 3. The van der Waals surface area contributed by atoms with Gasteiger partial charge in [0.2, 0.25) is 0 Å². The van der Waals surface area contributed by atoms with Gasteiger partial charge in [-0.05, 0) is 117 Å². The van der Waals surface area contributed by atoms with Crippen molar-refractivity contribution in [1.82, 2.24) is 4.90 Å². The largest absolute Gasteiger partial charge is 0.393 e. The van der Waals surface area contributed by atoms with Crippen LogP contribution in [0.1, 0.15) is 102 Å². The first-order valence-corrected chi connectivity index (χ1v) is 20.3. The van der Waals surface area contributed by atoms with Crippen LogP contribution in [0, 0.1) is 56.7 Å². The number of nitrogens with one attached hydrogen (secondary N) is 1. The summed E-state index contributed by atoms with van der Waals surface area (Å²) in [6.07, 6.45) is 15.8. The van der Waals surface area contributed by atoms with Gasteiger partial charge in [-0.25, -0.2) is 4.79 Å². The predicted molar refractivity (Wildman–Crippen MR) is 204 cm³/mol. The van der Waals surface area contributed by atoms with Crippen LogP contribution < -0.4 is 5.32 Å². The van der Waals surface area contributed by atoms with Crippen LogP contribution in [-0.4, -0.2) is 51.7 Å². The normalized spacial score (nSPS) is 43.3. The fourth-order valence-corrected chi connectivity index (χ4v) is 14.1. The van der Waals surface area contributed by atoms with E-state index in [0.29, 0.717) is 42.2 Å². The van der Waals surface area contributed by atoms with E-state index in [1.165, 1.54) is 12.8 Å². The molecule has 6 saturated carbocycles. The molecule has 2 aromatic carbocycles. The number of carbonyl (C=O) groups excluding carboxylic acids is 2. The number of amides is 2. The first-order chi connectivity index (χ1) is 24.8. The third-order valence-corrected chi connectivity index (χ3v) is 17.2. The minimum absolute atomic E-state index is 0.0425. The van der Waals surface area contributed by atoms with Crippen molar-refractivity contribution in [2.45, 2.75) is 104 Å². The quantitative estimate of drug-likeness (QED) is 0.198. The number of nitrogens with zero attached hydrogens (tertiary/aromatic N) is 1. The first-order valence-electron chi connectivity index (χ1n) is 20.3. The number of carbonyl (C=O) groups is 2. The van der Waals surface area contributed by atoms with Gasteiger partial charge in [-0.2, -0.15) is 0 Å². The Morgan fingerprint density at radius 2 is 1.50 bits per heavy atom. The molecule has 276 valence electrons. The van der Waals surface area contributed by atoms with Crippen molar-refractivity contribution in [3.05, 3.63) is 90.0 Å². The number of ketones is 1. The molecule has 2 spiro atoms. The van der Waals surface area contributed by atoms with Gasteiger partial charge in [0.15, 0.2) is 5.78 Å². The van der Waals surface area contributed by atoms with Gasteiger partial charge in [0, 0.05) is 39.6 Å². The molecule has 4 bridgehead atoms. The molecule has 9 aliphatic carbocycles. The third kappa shape index (κ3) is 4.61. The topological polar surface area (TPSA) is 89.9 Å². The molecule has 3 N–H and O–H groups in total. The summed E-state index contributed by atoms with van der Waals surface area (Å²) in [4.78, 5) is 31.1. The summed E-state index contributed by atoms with van der Waals surface area (Å²) < 4.78 is 0. The maximum absolute atomic E-state index is 14.8. The van der Waals surface area contributed by atoms with Crippen LogP contribution in [-0.2, 0) is 0 Å². The fraction of sp³-hybridized carbons (Fsp3) is 0.609. The van der Waals surface area contributed by atoms with Crippen LogP contribution in [0.15, 0.2) is 84.5 Å². The smallest absolute Gasteiger partial charge is 0.321 e. The van der Waals surface area contributed by atoms with E-state index in [2.05, 4.69) is 51.2 Å². The van der Waals surface area contributed by atoms with E-state index in [-0.39, 0.29) is 47.1 Å². The molecule has 11 atom stereocenters. The van der Waals surface area contributed by atoms with Crippen LogP contribution in [0.5, 0.6) is 0 Å². The summed E-state index contributed by atoms with van der Waals surface area (Å²) in [6, 6.07) is 19.3. The Morgan fingerprint density at radius 3 is 2.21 bits per heavy atom. The van der Waals surface area contributed by atoms with Crippen molar-refractivity contribution in [3.63, 3.8) is 0 Å². The molecule has 0 aliphatic heterocycles. The molecule has 2 aromatic rings. The van der Waals surface area contributed by atoms with Crippen molar-refractivity contribution < 1.29 is 19.8 Å². The van der Waals surface area contributed by atoms with Crippen molar-refractivity contribution in [3.8, 4) is 0 Å². The Labute approximate surface area is 310 Å². The number of anilines is 1. The number of rotatable bonds is 7. The molecule has 0 aromatic heterocycles. The van der Waals surface area contributed by atoms with Crippen LogP contribution in [0.2, 0.25) is 0 Å². The Hall–Kier alpha value is -3.22. The lowest BCUT2D eigenvalue weighted by molar-refractivity contribution is -0.176. The molecule has 0 heterocycles. The highest BCUT2D eigenvalue weighted by molar-refractivity contribution is 6.10. The lowest BCUT2D eigenvalue weighted by Crippen LogP contribution is -2.67. The molecule has 11 unspecified atom stereocenters. The zero-order chi connectivity index (χ0) is 36.3. The minimum atomic E-state index is -1.11. The van der Waals surface area contributed by atoms with Gasteiger partial charge in [-0.15, -0.1) is 0 Å². The van der Waals surface area contributed by atoms with Crippen LogP contribution in [0.3, 0.4) is 0 Å². The van der Waals surface area contributed by atoms with E-state index in [4.69, 9.17) is 0 Å². The lowest BCUT2D eigenvalue weighted by Gasteiger charge is -2.71. The van der Waals surface area contributed by atoms with E-state index in [1.54, 1.807) is 0 Å². The van der Waals surface area contributed by atoms with Gasteiger partial charge >= 0.3 is 6.03 Å². The molecule has 0 saturated heterocycles. The van der Waals surface area contributed by atoms with Gasteiger partial charge in [0.05, 0.1) is 18.2 Å². The third-order valence-electron chi connectivity index (χ3n) is 17.2. The zero-order valence-electron chi connectivity index (χ0n) is 31.6. The number of Topliss-reactive ketones (excluding diaryl/α,β-unsaturated/α-hetero) is 1. The molecule has 6 heteroatoms. The van der Waals surface area contributed by atoms with Gasteiger partial charge < -0.3 is 20.4 Å². The van der Waals surface area contributed by atoms with Crippen molar-refractivity contribution in [2.24, 2.45) is 56.7 Å². The molecule has 11 rings (SSSR count). The number of urea groups is 1. The standard InChI is InChI=1S/C46H58N2O4/c1-41(2)32-16-15-31(35(41)25-32)28-48(40(51)47-33-13-9-6-10-14-33)29-45(52)22-19-38-43(45,4)21-18-37-42(3)20-17-34(49)26-44(42)23-24-46(37,38)36(27-44)39(50)30-11-7-5-8-12-30/h5-14,23-24,27,31-32,34-35,37-38,49,52H,15-22,25-26,28-29H2,1-4H3,(H,47,51). The zero-order valence-corrected chi connectivity index (χ0v) is 31.6. The summed E-state index contributed by atoms with van der Waals surface area (Å²) >= 11 is 0. The Bertz CT molecular complexity index is 1820. The van der Waals surface area contributed by atoms with Gasteiger partial charge in [-0.3, -0.25) is 4.79 Å². The van der Waals surface area contributed by atoms with Gasteiger partial charge in [0.1, 0.15) is 0 Å². The van der Waals surface area contributed by atoms with Crippen molar-refractivity contribution in [1.29, 1.82) is 0 Å². The number of aliphatic hydroxyl groups excluding tert-OH is 1. The Kier molecular flexibility index (Phi) is 7.73. The molecule has 9 aliphatic rings. The number of hydrogen-bond acceptors (Lipinski definition) is 4. The molecule has 0 radical (unpaired) electrons. The van der Waals surface area contributed by atoms with E-state index >= 15 is 0 Å². The second kappa shape index (κ2) is 11.6. The molecule has 6 nitrogen and oxygen atoms in total. The van der Waals surface area contributed by atoms with E-state index < -0.39 is 16.4 Å². The molecular weight excluding hydrogens is 645 g/mol. The van der Waals surface area contributed by atoms with E-state index in [0.717, 1.165) is 55.7 Å². The summed E-state index contributed by atoms with van der Waals surface area (Å²) in [7, 11) is 0. The SMILES string of the molecule is CC1(C)C2CCC(CN(CC3(O)CCC4C56C=CC7(C=C5C(=O)c5ccccc5)CC(O)CCC7(C)C6CCC43C)C(=O)Nc3ccccc3)C1C2. The summed E-state index contributed by atoms with van der Waals surface area (Å²) in [6.45, 7) is 10.5. The highest BCUT2D eigenvalue weighted by atomic mass is 16.3. The number of benzene rings is 2. The number of para-hydroxylation sites is 1. The maximum Gasteiger partial charge on any atom is 0.321 e.